The molecule has 2 N–H and O–H groups in total. The van der Waals surface area contributed by atoms with Crippen molar-refractivity contribution in [3.05, 3.63) is 41.3 Å². The number of aryl methyl sites for hydroxylation is 1. The first-order valence-electron chi connectivity index (χ1n) is 12.2. The lowest BCUT2D eigenvalue weighted by Gasteiger charge is -2.22. The van der Waals surface area contributed by atoms with Crippen LogP contribution in [-0.2, 0) is 20.1 Å². The van der Waals surface area contributed by atoms with Gasteiger partial charge in [0.25, 0.3) is 0 Å². The van der Waals surface area contributed by atoms with E-state index in [4.69, 9.17) is 9.47 Å². The third-order valence-electron chi connectivity index (χ3n) is 6.21. The fourth-order valence-corrected chi connectivity index (χ4v) is 4.51. The van der Waals surface area contributed by atoms with Crippen molar-refractivity contribution >= 4 is 23.1 Å². The van der Waals surface area contributed by atoms with Gasteiger partial charge in [0.15, 0.2) is 6.10 Å². The first-order valence-corrected chi connectivity index (χ1v) is 12.2. The number of aliphatic hydroxyl groups is 1. The van der Waals surface area contributed by atoms with E-state index < -0.39 is 6.10 Å². The molecule has 11 nitrogen and oxygen atoms in total. The summed E-state index contributed by atoms with van der Waals surface area (Å²) in [6.07, 6.45) is 4.86. The van der Waals surface area contributed by atoms with Gasteiger partial charge in [0.05, 0.1) is 53.5 Å². The molecule has 0 saturated heterocycles. The van der Waals surface area contributed by atoms with Crippen molar-refractivity contribution in [1.29, 1.82) is 5.26 Å². The van der Waals surface area contributed by atoms with Crippen LogP contribution in [0.25, 0.3) is 34.2 Å². The Bertz CT molecular complexity index is 1490. The number of ether oxygens (including phenoxy) is 2. The van der Waals surface area contributed by atoms with Gasteiger partial charge in [-0.3, -0.25) is 14.7 Å². The summed E-state index contributed by atoms with van der Waals surface area (Å²) in [5, 5.41) is 37.2. The largest absolute Gasteiger partial charge is 0.473 e. The van der Waals surface area contributed by atoms with Crippen molar-refractivity contribution in [2.45, 2.75) is 39.1 Å². The van der Waals surface area contributed by atoms with Gasteiger partial charge in [0, 0.05) is 25.5 Å². The molecule has 0 fully saturated rings. The minimum absolute atomic E-state index is 0.0656. The van der Waals surface area contributed by atoms with Crippen LogP contribution in [0.4, 0.5) is 0 Å². The van der Waals surface area contributed by atoms with Crippen LogP contribution in [0.2, 0.25) is 0 Å². The van der Waals surface area contributed by atoms with Gasteiger partial charge in [-0.15, -0.1) is 5.10 Å². The summed E-state index contributed by atoms with van der Waals surface area (Å²) in [6, 6.07) is 8.23. The van der Waals surface area contributed by atoms with Gasteiger partial charge in [0.2, 0.25) is 11.8 Å². The van der Waals surface area contributed by atoms with Gasteiger partial charge in [-0.2, -0.15) is 15.5 Å². The van der Waals surface area contributed by atoms with Crippen LogP contribution in [0.3, 0.4) is 0 Å². The number of rotatable bonds is 4. The van der Waals surface area contributed by atoms with E-state index in [2.05, 4.69) is 26.5 Å². The zero-order valence-electron chi connectivity index (χ0n) is 21.3. The molecular weight excluding hydrogens is 472 g/mol. The fourth-order valence-electron chi connectivity index (χ4n) is 4.51. The third kappa shape index (κ3) is 4.81. The van der Waals surface area contributed by atoms with E-state index in [-0.39, 0.29) is 12.7 Å². The number of hydrogen-bond donors (Lipinski definition) is 2. The molecule has 4 aromatic rings. The first-order chi connectivity index (χ1) is 17.9. The van der Waals surface area contributed by atoms with Gasteiger partial charge in [0.1, 0.15) is 6.07 Å². The Balaban J connectivity index is 1.70. The van der Waals surface area contributed by atoms with Crippen molar-refractivity contribution in [3.8, 4) is 29.0 Å². The number of nitriles is 1. The maximum Gasteiger partial charge on any atom is 0.240 e. The van der Waals surface area contributed by atoms with E-state index >= 15 is 0 Å². The number of H-pyrrole nitrogens is 1. The van der Waals surface area contributed by atoms with Crippen LogP contribution in [-0.4, -0.2) is 72.2 Å². The Hall–Kier alpha value is -4.14. The third-order valence-corrected chi connectivity index (χ3v) is 6.21. The van der Waals surface area contributed by atoms with Crippen LogP contribution in [0.5, 0.6) is 11.8 Å². The highest BCUT2D eigenvalue weighted by atomic mass is 16.5. The monoisotopic (exact) mass is 502 g/mol. The molecule has 2 bridgehead atoms. The maximum absolute atomic E-state index is 9.93. The van der Waals surface area contributed by atoms with E-state index in [1.54, 1.807) is 22.6 Å². The number of aliphatic hydroxyl groups excluding tert-OH is 1. The van der Waals surface area contributed by atoms with Crippen molar-refractivity contribution in [2.75, 3.05) is 20.2 Å². The Kier molecular flexibility index (Phi) is 6.69. The summed E-state index contributed by atoms with van der Waals surface area (Å²) in [5.41, 5.74) is 5.03. The molecule has 1 atom stereocenters. The second-order valence-corrected chi connectivity index (χ2v) is 9.40. The van der Waals surface area contributed by atoms with Crippen LogP contribution in [0.1, 0.15) is 30.8 Å². The van der Waals surface area contributed by atoms with Crippen molar-refractivity contribution in [2.24, 2.45) is 7.05 Å². The molecule has 3 aromatic heterocycles. The fraction of sp³-hybridized carbons (Fsp3) is 0.385. The molecule has 0 unspecified atom stereocenters. The van der Waals surface area contributed by atoms with E-state index in [0.29, 0.717) is 31.4 Å². The topological polar surface area (TPSA) is 130 Å². The molecule has 5 rings (SSSR count). The minimum Gasteiger partial charge on any atom is -0.473 e. The number of benzene rings is 1. The highest BCUT2D eigenvalue weighted by Gasteiger charge is 2.24. The zero-order chi connectivity index (χ0) is 26.1. The van der Waals surface area contributed by atoms with Gasteiger partial charge >= 0.3 is 0 Å². The van der Waals surface area contributed by atoms with E-state index in [0.717, 1.165) is 39.0 Å². The Morgan fingerprint density at radius 1 is 1.30 bits per heavy atom. The summed E-state index contributed by atoms with van der Waals surface area (Å²) in [7, 11) is 3.72. The summed E-state index contributed by atoms with van der Waals surface area (Å²) < 4.78 is 15.7. The number of nitrogens with zero attached hydrogens (tertiary/aromatic N) is 7. The molecular formula is C26H30N8O3. The number of hydrogen-bond acceptors (Lipinski definition) is 8. The molecule has 0 spiro atoms. The Labute approximate surface area is 214 Å². The number of aromatic amines is 1. The minimum atomic E-state index is -0.739. The first kappa shape index (κ1) is 24.5. The molecule has 37 heavy (non-hydrogen) atoms. The number of nitrogens with one attached hydrogen (secondary N) is 1. The average Bonchev–Trinajstić information content (AvgIpc) is 3.52. The smallest absolute Gasteiger partial charge is 0.240 e. The van der Waals surface area contributed by atoms with Crippen LogP contribution in [0, 0.1) is 11.3 Å². The molecule has 1 aromatic carbocycles. The number of fused-ring (bicyclic) bond motifs is 4. The second-order valence-electron chi connectivity index (χ2n) is 9.40. The SMILES string of the molecule is CC(C)Oc1nn(CCO)c2c1/C=C/c1[nH]nc3ccc(cc13)-c1cnn(C)c1O[C@@H](C#N)CN(C)C2. The molecule has 0 radical (unpaired) electrons. The lowest BCUT2D eigenvalue weighted by atomic mass is 10.1. The Morgan fingerprint density at radius 2 is 2.14 bits per heavy atom. The van der Waals surface area contributed by atoms with Gasteiger partial charge in [-0.1, -0.05) is 6.07 Å². The normalized spacial score (nSPS) is 17.1. The van der Waals surface area contributed by atoms with Gasteiger partial charge in [-0.25, -0.2) is 4.68 Å². The summed E-state index contributed by atoms with van der Waals surface area (Å²) in [4.78, 5) is 2.00. The van der Waals surface area contributed by atoms with E-state index in [1.165, 1.54) is 0 Å². The quantitative estimate of drug-likeness (QED) is 0.436. The van der Waals surface area contributed by atoms with Crippen molar-refractivity contribution in [1.82, 2.24) is 34.7 Å². The molecule has 0 aliphatic carbocycles. The summed E-state index contributed by atoms with van der Waals surface area (Å²) in [5.74, 6) is 1.01. The molecule has 0 amide bonds. The molecule has 1 aliphatic heterocycles. The van der Waals surface area contributed by atoms with Gasteiger partial charge in [-0.05, 0) is 50.7 Å². The van der Waals surface area contributed by atoms with Crippen LogP contribution >= 0.6 is 0 Å². The lowest BCUT2D eigenvalue weighted by molar-refractivity contribution is 0.171. The highest BCUT2D eigenvalue weighted by Crippen LogP contribution is 2.34. The van der Waals surface area contributed by atoms with Gasteiger partial charge < -0.3 is 14.6 Å². The number of likely N-dealkylation sites (N-methyl/N-ethyl adjacent to an activating group) is 1. The molecule has 11 heteroatoms. The van der Waals surface area contributed by atoms with E-state index in [1.807, 2.05) is 56.1 Å². The molecule has 4 heterocycles. The standard InChI is InChI=1S/C26H30N8O3/c1-16(2)36-25-19-6-8-23-20-11-17(5-7-22(20)29-30-23)21-13-28-33(4)26(21)37-18(12-27)14-32(3)15-24(19)34(31-25)9-10-35/h5-8,11,13,16,18,35H,9-10,14-15H2,1-4H3,(H,29,30)/b8-6+/t18-/m0/s1. The predicted molar refractivity (Wildman–Crippen MR) is 139 cm³/mol. The average molecular weight is 503 g/mol. The maximum atomic E-state index is 9.93. The zero-order valence-corrected chi connectivity index (χ0v) is 21.3. The molecule has 0 saturated carbocycles. The lowest BCUT2D eigenvalue weighted by Crippen LogP contribution is -2.33. The van der Waals surface area contributed by atoms with Crippen LogP contribution in [0.15, 0.2) is 24.4 Å². The Morgan fingerprint density at radius 3 is 2.89 bits per heavy atom. The molecule has 1 aliphatic rings. The highest BCUT2D eigenvalue weighted by molar-refractivity contribution is 5.93. The predicted octanol–water partition coefficient (Wildman–Crippen LogP) is 2.83. The van der Waals surface area contributed by atoms with Crippen LogP contribution < -0.4 is 9.47 Å². The van der Waals surface area contributed by atoms with Crippen molar-refractivity contribution < 1.29 is 14.6 Å². The second kappa shape index (κ2) is 10.1. The summed E-state index contributed by atoms with van der Waals surface area (Å²) >= 11 is 0. The number of aromatic nitrogens is 6. The molecule has 192 valence electrons. The van der Waals surface area contributed by atoms with Crippen molar-refractivity contribution in [3.63, 3.8) is 0 Å². The summed E-state index contributed by atoms with van der Waals surface area (Å²) in [6.45, 7) is 4.95. The van der Waals surface area contributed by atoms with E-state index in [9.17, 15) is 10.4 Å².